The molecule has 2 atom stereocenters. The maximum Gasteiger partial charge on any atom is 0.252 e. The molecule has 1 aromatic carbocycles. The highest BCUT2D eigenvalue weighted by Crippen LogP contribution is 2.31. The molecule has 1 N–H and O–H groups in total. The van der Waals surface area contributed by atoms with Crippen molar-refractivity contribution in [3.63, 3.8) is 0 Å². The molecule has 1 saturated heterocycles. The second-order valence-electron chi connectivity index (χ2n) is 6.98. The summed E-state index contributed by atoms with van der Waals surface area (Å²) in [4.78, 5) is 12.8. The molecule has 1 fully saturated rings. The van der Waals surface area contributed by atoms with Gasteiger partial charge in [-0.2, -0.15) is 4.31 Å². The smallest absolute Gasteiger partial charge is 0.252 e. The van der Waals surface area contributed by atoms with Crippen molar-refractivity contribution in [3.05, 3.63) is 41.3 Å². The summed E-state index contributed by atoms with van der Waals surface area (Å²) in [5.41, 5.74) is 0.884. The first kappa shape index (κ1) is 21.6. The van der Waals surface area contributed by atoms with Crippen LogP contribution in [-0.2, 0) is 14.8 Å². The SMILES string of the molecule is COc1ccc(C(C)NC(=O)C2CCCN(S(=O)(=O)c3cccs3)C2)cc1OC. The number of sulfonamides is 1. The Morgan fingerprint density at radius 1 is 1.24 bits per heavy atom. The molecule has 3 rings (SSSR count). The van der Waals surface area contributed by atoms with Crippen molar-refractivity contribution in [2.24, 2.45) is 5.92 Å². The fourth-order valence-electron chi connectivity index (χ4n) is 3.45. The summed E-state index contributed by atoms with van der Waals surface area (Å²) in [5.74, 6) is 0.702. The number of nitrogens with one attached hydrogen (secondary N) is 1. The molecular weight excluding hydrogens is 412 g/mol. The standard InChI is InChI=1S/C20H26N2O5S2/c1-14(15-8-9-17(26-2)18(12-15)27-3)21-20(23)16-6-4-10-22(13-16)29(24,25)19-7-5-11-28-19/h5,7-9,11-12,14,16H,4,6,10,13H2,1-3H3,(H,21,23). The van der Waals surface area contributed by atoms with Gasteiger partial charge in [-0.05, 0) is 48.9 Å². The lowest BCUT2D eigenvalue weighted by molar-refractivity contribution is -0.126. The molecule has 1 aliphatic rings. The molecule has 0 aliphatic carbocycles. The monoisotopic (exact) mass is 438 g/mol. The van der Waals surface area contributed by atoms with Gasteiger partial charge >= 0.3 is 0 Å². The van der Waals surface area contributed by atoms with E-state index in [0.29, 0.717) is 35.1 Å². The first-order chi connectivity index (χ1) is 13.9. The number of carbonyl (C=O) groups is 1. The minimum atomic E-state index is -3.54. The largest absolute Gasteiger partial charge is 0.493 e. The molecule has 29 heavy (non-hydrogen) atoms. The third-order valence-electron chi connectivity index (χ3n) is 5.11. The van der Waals surface area contributed by atoms with Gasteiger partial charge in [0.15, 0.2) is 11.5 Å². The van der Waals surface area contributed by atoms with Gasteiger partial charge in [0.25, 0.3) is 10.0 Å². The summed E-state index contributed by atoms with van der Waals surface area (Å²) in [6.45, 7) is 2.53. The van der Waals surface area contributed by atoms with E-state index in [1.807, 2.05) is 19.1 Å². The number of hydrogen-bond donors (Lipinski definition) is 1. The van der Waals surface area contributed by atoms with Gasteiger partial charge < -0.3 is 14.8 Å². The topological polar surface area (TPSA) is 84.9 Å². The quantitative estimate of drug-likeness (QED) is 0.718. The molecule has 2 heterocycles. The zero-order valence-electron chi connectivity index (χ0n) is 16.8. The number of piperidine rings is 1. The minimum absolute atomic E-state index is 0.140. The van der Waals surface area contributed by atoms with Gasteiger partial charge in [-0.3, -0.25) is 4.79 Å². The Morgan fingerprint density at radius 2 is 2.00 bits per heavy atom. The van der Waals surface area contributed by atoms with Crippen molar-refractivity contribution in [2.45, 2.75) is 30.0 Å². The number of carbonyl (C=O) groups excluding carboxylic acids is 1. The third kappa shape index (κ3) is 4.73. The van der Waals surface area contributed by atoms with Crippen LogP contribution >= 0.6 is 11.3 Å². The van der Waals surface area contributed by atoms with Crippen LogP contribution in [0.5, 0.6) is 11.5 Å². The maximum atomic E-state index is 12.8. The Labute approximate surface area is 175 Å². The number of thiophene rings is 1. The zero-order valence-corrected chi connectivity index (χ0v) is 18.4. The summed E-state index contributed by atoms with van der Waals surface area (Å²) < 4.78 is 37.9. The second-order valence-corrected chi connectivity index (χ2v) is 10.1. The van der Waals surface area contributed by atoms with Crippen LogP contribution in [0.2, 0.25) is 0 Å². The van der Waals surface area contributed by atoms with E-state index in [9.17, 15) is 13.2 Å². The van der Waals surface area contributed by atoms with Crippen molar-refractivity contribution in [1.29, 1.82) is 0 Å². The van der Waals surface area contributed by atoms with Crippen LogP contribution in [0.3, 0.4) is 0 Å². The number of amides is 1. The van der Waals surface area contributed by atoms with Gasteiger partial charge in [0.05, 0.1) is 26.2 Å². The predicted molar refractivity (Wildman–Crippen MR) is 112 cm³/mol. The highest BCUT2D eigenvalue weighted by molar-refractivity contribution is 7.91. The Morgan fingerprint density at radius 3 is 2.66 bits per heavy atom. The Kier molecular flexibility index (Phi) is 6.81. The molecule has 0 radical (unpaired) electrons. The lowest BCUT2D eigenvalue weighted by Crippen LogP contribution is -2.45. The van der Waals surface area contributed by atoms with Crippen LogP contribution in [0.1, 0.15) is 31.4 Å². The van der Waals surface area contributed by atoms with Crippen LogP contribution in [0.15, 0.2) is 39.9 Å². The zero-order chi connectivity index (χ0) is 21.0. The van der Waals surface area contributed by atoms with Gasteiger partial charge in [-0.15, -0.1) is 11.3 Å². The molecule has 158 valence electrons. The van der Waals surface area contributed by atoms with Crippen LogP contribution in [0.25, 0.3) is 0 Å². The van der Waals surface area contributed by atoms with Crippen molar-refractivity contribution < 1.29 is 22.7 Å². The van der Waals surface area contributed by atoms with Crippen LogP contribution < -0.4 is 14.8 Å². The lowest BCUT2D eigenvalue weighted by atomic mass is 9.98. The van der Waals surface area contributed by atoms with Crippen molar-refractivity contribution in [3.8, 4) is 11.5 Å². The minimum Gasteiger partial charge on any atom is -0.493 e. The highest BCUT2D eigenvalue weighted by atomic mass is 32.2. The number of ether oxygens (including phenoxy) is 2. The second kappa shape index (κ2) is 9.15. The van der Waals surface area contributed by atoms with Gasteiger partial charge in [0.1, 0.15) is 4.21 Å². The van der Waals surface area contributed by atoms with E-state index in [0.717, 1.165) is 5.56 Å². The molecule has 7 nitrogen and oxygen atoms in total. The van der Waals surface area contributed by atoms with Gasteiger partial charge in [0.2, 0.25) is 5.91 Å². The molecule has 0 spiro atoms. The Bertz CT molecular complexity index is 944. The number of rotatable bonds is 7. The molecule has 2 unspecified atom stereocenters. The van der Waals surface area contributed by atoms with Crippen molar-refractivity contribution in [1.82, 2.24) is 9.62 Å². The normalized spacial score (nSPS) is 18.8. The summed E-state index contributed by atoms with van der Waals surface area (Å²) in [7, 11) is -0.405. The first-order valence-electron chi connectivity index (χ1n) is 9.42. The summed E-state index contributed by atoms with van der Waals surface area (Å²) in [6, 6.07) is 8.58. The van der Waals surface area contributed by atoms with Crippen molar-refractivity contribution in [2.75, 3.05) is 27.3 Å². The average molecular weight is 439 g/mol. The summed E-state index contributed by atoms with van der Waals surface area (Å²) in [6.07, 6.45) is 1.33. The van der Waals surface area contributed by atoms with E-state index in [1.54, 1.807) is 37.8 Å². The van der Waals surface area contributed by atoms with Crippen molar-refractivity contribution >= 4 is 27.3 Å². The molecule has 2 aromatic rings. The van der Waals surface area contributed by atoms with Gasteiger partial charge in [0, 0.05) is 13.1 Å². The summed E-state index contributed by atoms with van der Waals surface area (Å²) in [5, 5.41) is 4.75. The molecule has 9 heteroatoms. The average Bonchev–Trinajstić information content (AvgIpc) is 3.29. The number of nitrogens with zero attached hydrogens (tertiary/aromatic N) is 1. The van der Waals surface area contributed by atoms with Crippen LogP contribution in [0.4, 0.5) is 0 Å². The van der Waals surface area contributed by atoms with E-state index in [1.165, 1.54) is 15.6 Å². The number of benzene rings is 1. The third-order valence-corrected chi connectivity index (χ3v) is 8.35. The van der Waals surface area contributed by atoms with E-state index in [-0.39, 0.29) is 24.4 Å². The first-order valence-corrected chi connectivity index (χ1v) is 11.7. The molecule has 1 amide bonds. The molecule has 0 bridgehead atoms. The molecule has 1 aliphatic heterocycles. The number of hydrogen-bond acceptors (Lipinski definition) is 6. The van der Waals surface area contributed by atoms with E-state index < -0.39 is 10.0 Å². The Balaban J connectivity index is 1.67. The fourth-order valence-corrected chi connectivity index (χ4v) is 6.12. The lowest BCUT2D eigenvalue weighted by Gasteiger charge is -2.31. The molecule has 1 aromatic heterocycles. The van der Waals surface area contributed by atoms with Gasteiger partial charge in [-0.1, -0.05) is 12.1 Å². The summed E-state index contributed by atoms with van der Waals surface area (Å²) >= 11 is 1.20. The maximum absolute atomic E-state index is 12.8. The van der Waals surface area contributed by atoms with E-state index in [4.69, 9.17) is 9.47 Å². The fraction of sp³-hybridized carbons (Fsp3) is 0.450. The molecular formula is C20H26N2O5S2. The number of methoxy groups -OCH3 is 2. The molecule has 0 saturated carbocycles. The highest BCUT2D eigenvalue weighted by Gasteiger charge is 2.34. The van der Waals surface area contributed by atoms with Crippen LogP contribution in [-0.4, -0.2) is 45.9 Å². The Hall–Kier alpha value is -2.10. The van der Waals surface area contributed by atoms with Crippen LogP contribution in [0, 0.1) is 5.92 Å². The van der Waals surface area contributed by atoms with E-state index >= 15 is 0 Å². The van der Waals surface area contributed by atoms with E-state index in [2.05, 4.69) is 5.32 Å². The predicted octanol–water partition coefficient (Wildman–Crippen LogP) is 3.04. The van der Waals surface area contributed by atoms with Gasteiger partial charge in [-0.25, -0.2) is 8.42 Å².